The van der Waals surface area contributed by atoms with Crippen LogP contribution in [-0.4, -0.2) is 55.8 Å². The molecule has 0 aliphatic rings. The van der Waals surface area contributed by atoms with Gasteiger partial charge in [-0.25, -0.2) is 14.4 Å². The van der Waals surface area contributed by atoms with Gasteiger partial charge in [-0.1, -0.05) is 109 Å². The molecule has 0 bridgehead atoms. The molecule has 226 valence electrons. The van der Waals surface area contributed by atoms with E-state index in [1.165, 1.54) is 26.1 Å². The summed E-state index contributed by atoms with van der Waals surface area (Å²) in [5, 5.41) is 31.9. The molecule has 0 amide bonds. The molecule has 0 aliphatic carbocycles. The number of benzene rings is 7. The van der Waals surface area contributed by atoms with Crippen LogP contribution in [0.1, 0.15) is 31.1 Å². The van der Waals surface area contributed by atoms with Crippen LogP contribution in [0, 0.1) is 0 Å². The predicted molar refractivity (Wildman–Crippen MR) is 186 cm³/mol. The number of carboxylic acids is 3. The van der Waals surface area contributed by atoms with Crippen LogP contribution in [0.3, 0.4) is 0 Å². The van der Waals surface area contributed by atoms with Crippen LogP contribution in [0.5, 0.6) is 0 Å². The Kier molecular flexibility index (Phi) is 12.0. The molecule has 7 heteroatoms. The molecule has 2 radical (unpaired) electrons. The van der Waals surface area contributed by atoms with E-state index in [4.69, 9.17) is 15.3 Å². The van der Waals surface area contributed by atoms with Crippen LogP contribution in [-0.2, 0) is 0 Å². The van der Waals surface area contributed by atoms with Crippen molar-refractivity contribution in [2.75, 3.05) is 0 Å². The Balaban J connectivity index is 0.000000142. The molecule has 7 rings (SSSR count). The van der Waals surface area contributed by atoms with E-state index in [2.05, 4.69) is 24.3 Å². The molecular formula is C39H30O6Sn. The summed E-state index contributed by atoms with van der Waals surface area (Å²) in [6, 6.07) is 48.7. The molecule has 3 N–H and O–H groups in total. The molecule has 0 saturated heterocycles. The van der Waals surface area contributed by atoms with E-state index in [9.17, 15) is 14.4 Å². The van der Waals surface area contributed by atoms with E-state index in [1.807, 2.05) is 97.1 Å². The van der Waals surface area contributed by atoms with Crippen molar-refractivity contribution in [3.8, 4) is 0 Å². The molecule has 7 aromatic carbocycles. The predicted octanol–water partition coefficient (Wildman–Crippen LogP) is 7.83. The van der Waals surface area contributed by atoms with Crippen LogP contribution >= 0.6 is 0 Å². The van der Waals surface area contributed by atoms with Crippen molar-refractivity contribution in [2.24, 2.45) is 0 Å². The Bertz CT molecular complexity index is 1880. The average molecular weight is 713 g/mol. The molecule has 0 aromatic heterocycles. The van der Waals surface area contributed by atoms with Gasteiger partial charge in [0.15, 0.2) is 0 Å². The molecule has 0 spiro atoms. The summed E-state index contributed by atoms with van der Waals surface area (Å²) in [6.45, 7) is 0. The zero-order valence-electron chi connectivity index (χ0n) is 24.7. The molecule has 0 atom stereocenters. The second-order valence-electron chi connectivity index (χ2n) is 9.91. The Labute approximate surface area is 279 Å². The van der Waals surface area contributed by atoms with Gasteiger partial charge >= 0.3 is 74.3 Å². The van der Waals surface area contributed by atoms with Crippen molar-refractivity contribution < 1.29 is 29.7 Å². The first kappa shape index (κ1) is 33.4. The number of fused-ring (bicyclic) bond motifs is 3. The first-order valence-electron chi connectivity index (χ1n) is 14.2. The zero-order valence-corrected chi connectivity index (χ0v) is 28.0. The fourth-order valence-electron chi connectivity index (χ4n) is 4.69. The number of hydrogen-bond acceptors (Lipinski definition) is 3. The van der Waals surface area contributed by atoms with Crippen LogP contribution in [0.2, 0.25) is 0 Å². The Morgan fingerprint density at radius 1 is 0.348 bits per heavy atom. The summed E-state index contributed by atoms with van der Waals surface area (Å²) < 4.78 is 1.45. The van der Waals surface area contributed by atoms with E-state index in [-0.39, 0.29) is 0 Å². The third-order valence-electron chi connectivity index (χ3n) is 6.86. The summed E-state index contributed by atoms with van der Waals surface area (Å²) in [5.74, 6) is -2.63. The molecule has 0 heterocycles. The van der Waals surface area contributed by atoms with Crippen LogP contribution in [0.4, 0.5) is 0 Å². The number of carbonyl (C=O) groups is 3. The minimum atomic E-state index is -0.878. The van der Waals surface area contributed by atoms with Gasteiger partial charge in [-0.05, 0) is 50.5 Å². The third kappa shape index (κ3) is 9.03. The Morgan fingerprint density at radius 2 is 0.609 bits per heavy atom. The molecule has 7 aromatic rings. The van der Waals surface area contributed by atoms with Gasteiger partial charge in [-0.15, -0.1) is 0 Å². The second-order valence-corrected chi connectivity index (χ2v) is 11.8. The summed E-state index contributed by atoms with van der Waals surface area (Å²) in [7, 11) is 0. The van der Waals surface area contributed by atoms with Crippen molar-refractivity contribution in [2.45, 2.75) is 0 Å². The van der Waals surface area contributed by atoms with E-state index in [1.54, 1.807) is 36.4 Å². The fourth-order valence-corrected chi connectivity index (χ4v) is 5.32. The van der Waals surface area contributed by atoms with Crippen molar-refractivity contribution in [1.82, 2.24) is 0 Å². The molecule has 0 fully saturated rings. The maximum atomic E-state index is 10.8. The molecule has 0 saturated carbocycles. The van der Waals surface area contributed by atoms with Gasteiger partial charge in [0.25, 0.3) is 0 Å². The van der Waals surface area contributed by atoms with E-state index in [0.717, 1.165) is 32.3 Å². The van der Waals surface area contributed by atoms with Crippen LogP contribution < -0.4 is 3.58 Å². The van der Waals surface area contributed by atoms with Crippen molar-refractivity contribution in [1.29, 1.82) is 0 Å². The van der Waals surface area contributed by atoms with Gasteiger partial charge in [-0.3, -0.25) is 0 Å². The topological polar surface area (TPSA) is 112 Å². The molecule has 0 aliphatic heterocycles. The molecular weight excluding hydrogens is 683 g/mol. The zero-order chi connectivity index (χ0) is 32.9. The third-order valence-corrected chi connectivity index (χ3v) is 7.96. The molecule has 0 unspecified atom stereocenters. The van der Waals surface area contributed by atoms with Crippen LogP contribution in [0.25, 0.3) is 32.3 Å². The maximum absolute atomic E-state index is 10.8. The molecule has 6 nitrogen and oxygen atoms in total. The van der Waals surface area contributed by atoms with Crippen molar-refractivity contribution in [3.63, 3.8) is 0 Å². The van der Waals surface area contributed by atoms with Gasteiger partial charge < -0.3 is 15.3 Å². The van der Waals surface area contributed by atoms with E-state index >= 15 is 0 Å². The van der Waals surface area contributed by atoms with Gasteiger partial charge in [0.1, 0.15) is 0 Å². The summed E-state index contributed by atoms with van der Waals surface area (Å²) in [5.41, 5.74) is 1.08. The Morgan fingerprint density at radius 3 is 0.870 bits per heavy atom. The average Bonchev–Trinajstić information content (AvgIpc) is 3.08. The number of hydrogen-bond donors (Lipinski definition) is 3. The number of rotatable bonds is 3. The number of aromatic carboxylic acids is 3. The van der Waals surface area contributed by atoms with Gasteiger partial charge in [0.2, 0.25) is 0 Å². The fraction of sp³-hybridized carbons (Fsp3) is 0. The summed E-state index contributed by atoms with van der Waals surface area (Å²) >= 11 is 1.23. The SMILES string of the molecule is O=C(O)c1cccc2ccccc12.O=C(O)c1cccc2ccccc12.O=C(O)c1cccc2ccccc12.[SnH][c]1ccccc1. The van der Waals surface area contributed by atoms with E-state index < -0.39 is 17.9 Å². The standard InChI is InChI=1S/3C11H8O2.C6H5.Sn.H/c3*12-11(13)10-7-3-5-8-4-1-2-6-9(8)10;1-2-4-6-5-3-1;;/h3*1-7H,(H,12,13);1-5H;;. The summed E-state index contributed by atoms with van der Waals surface area (Å²) in [4.78, 5) is 32.4. The first-order chi connectivity index (χ1) is 22.3. The number of carboxylic acid groups (broad SMARTS) is 3. The normalized spacial score (nSPS) is 9.93. The van der Waals surface area contributed by atoms with Crippen molar-refractivity contribution >= 4 is 76.3 Å². The van der Waals surface area contributed by atoms with Gasteiger partial charge in [0, 0.05) is 0 Å². The molecule has 46 heavy (non-hydrogen) atoms. The van der Waals surface area contributed by atoms with Gasteiger partial charge in [-0.2, -0.15) is 0 Å². The van der Waals surface area contributed by atoms with Gasteiger partial charge in [0.05, 0.1) is 16.7 Å². The van der Waals surface area contributed by atoms with Crippen molar-refractivity contribution in [3.05, 3.63) is 174 Å². The first-order valence-corrected chi connectivity index (χ1v) is 15.8. The monoisotopic (exact) mass is 714 g/mol. The summed E-state index contributed by atoms with van der Waals surface area (Å²) in [6.07, 6.45) is 0. The quantitative estimate of drug-likeness (QED) is 0.161. The second kappa shape index (κ2) is 16.6. The van der Waals surface area contributed by atoms with Crippen LogP contribution in [0.15, 0.2) is 158 Å². The minimum absolute atomic E-state index is 0.359. The Hall–Kier alpha value is -5.47. The van der Waals surface area contributed by atoms with E-state index in [0.29, 0.717) is 16.7 Å².